The van der Waals surface area contributed by atoms with Crippen LogP contribution in [0.4, 0.5) is 0 Å². The lowest BCUT2D eigenvalue weighted by Gasteiger charge is -2.20. The number of nitrogens with one attached hydrogen (secondary N) is 1. The topological polar surface area (TPSA) is 52.7 Å². The van der Waals surface area contributed by atoms with Gasteiger partial charge in [0.1, 0.15) is 6.04 Å². The third-order valence-corrected chi connectivity index (χ3v) is 4.12. The molecule has 0 saturated heterocycles. The Balaban J connectivity index is 1.86. The number of amides is 2. The number of nitrogens with zero attached hydrogens (tertiary/aromatic N) is 2. The van der Waals surface area contributed by atoms with Gasteiger partial charge in [-0.2, -0.15) is 0 Å². The Morgan fingerprint density at radius 2 is 1.50 bits per heavy atom. The fraction of sp³-hybridized carbons (Fsp3) is 0.333. The van der Waals surface area contributed by atoms with Gasteiger partial charge >= 0.3 is 0 Å². The highest BCUT2D eigenvalue weighted by Crippen LogP contribution is 2.19. The Morgan fingerprint density at radius 1 is 0.923 bits per heavy atom. The number of carbonyl (C=O) groups is 2. The molecule has 2 aromatic rings. The molecule has 2 aromatic carbocycles. The van der Waals surface area contributed by atoms with Gasteiger partial charge in [0.25, 0.3) is 0 Å². The van der Waals surface area contributed by atoms with Gasteiger partial charge < -0.3 is 10.2 Å². The molecule has 0 heterocycles. The Hall–Kier alpha value is -2.66. The van der Waals surface area contributed by atoms with Crippen LogP contribution in [-0.2, 0) is 16.1 Å². The average Bonchev–Trinajstić information content (AvgIpc) is 2.62. The van der Waals surface area contributed by atoms with Crippen molar-refractivity contribution in [3.63, 3.8) is 0 Å². The Bertz CT molecular complexity index is 727. The van der Waals surface area contributed by atoms with Crippen molar-refractivity contribution in [2.24, 2.45) is 0 Å². The summed E-state index contributed by atoms with van der Waals surface area (Å²) < 4.78 is 0. The second-order valence-electron chi connectivity index (χ2n) is 6.76. The van der Waals surface area contributed by atoms with Crippen molar-refractivity contribution in [2.45, 2.75) is 19.5 Å². The molecule has 0 aliphatic rings. The van der Waals surface area contributed by atoms with Crippen molar-refractivity contribution >= 4 is 11.8 Å². The first kappa shape index (κ1) is 19.7. The fourth-order valence-electron chi connectivity index (χ4n) is 2.78. The molecule has 26 heavy (non-hydrogen) atoms. The van der Waals surface area contributed by atoms with Crippen LogP contribution in [-0.4, -0.2) is 55.3 Å². The minimum atomic E-state index is -0.518. The summed E-state index contributed by atoms with van der Waals surface area (Å²) in [4.78, 5) is 27.3. The van der Waals surface area contributed by atoms with Crippen LogP contribution in [0.2, 0.25) is 0 Å². The standard InChI is InChI=1S/C21H27N3O2/c1-16(21(26)23(2)3)22-20(25)15-24(4)14-17-10-12-19(13-11-17)18-8-6-5-7-9-18/h5-13,16H,14-15H2,1-4H3,(H,22,25). The normalized spacial score (nSPS) is 11.9. The SMILES string of the molecule is CC(NC(=O)CN(C)Cc1ccc(-c2ccccc2)cc1)C(=O)N(C)C. The molecule has 0 aliphatic carbocycles. The first-order valence-electron chi connectivity index (χ1n) is 8.70. The lowest BCUT2D eigenvalue weighted by molar-refractivity contribution is -0.134. The molecule has 2 amide bonds. The van der Waals surface area contributed by atoms with E-state index in [9.17, 15) is 9.59 Å². The molecule has 1 unspecified atom stereocenters. The maximum absolute atomic E-state index is 12.1. The summed E-state index contributed by atoms with van der Waals surface area (Å²) in [6, 6.07) is 18.1. The molecule has 0 aliphatic heterocycles. The molecule has 0 aromatic heterocycles. The number of likely N-dealkylation sites (N-methyl/N-ethyl adjacent to an activating group) is 2. The molecule has 0 bridgehead atoms. The van der Waals surface area contributed by atoms with Crippen LogP contribution >= 0.6 is 0 Å². The van der Waals surface area contributed by atoms with E-state index in [1.54, 1.807) is 21.0 Å². The summed E-state index contributed by atoms with van der Waals surface area (Å²) in [5, 5.41) is 2.74. The highest BCUT2D eigenvalue weighted by molar-refractivity contribution is 5.87. The van der Waals surface area contributed by atoms with Gasteiger partial charge in [-0.25, -0.2) is 0 Å². The lowest BCUT2D eigenvalue weighted by atomic mass is 10.0. The second kappa shape index (κ2) is 9.15. The maximum atomic E-state index is 12.1. The van der Waals surface area contributed by atoms with Crippen LogP contribution in [0.1, 0.15) is 12.5 Å². The predicted molar refractivity (Wildman–Crippen MR) is 105 cm³/mol. The van der Waals surface area contributed by atoms with Crippen molar-refractivity contribution in [1.82, 2.24) is 15.1 Å². The largest absolute Gasteiger partial charge is 0.347 e. The maximum Gasteiger partial charge on any atom is 0.244 e. The van der Waals surface area contributed by atoms with Crippen LogP contribution in [0.25, 0.3) is 11.1 Å². The fourth-order valence-corrected chi connectivity index (χ4v) is 2.78. The first-order chi connectivity index (χ1) is 12.4. The minimum absolute atomic E-state index is 0.113. The summed E-state index contributed by atoms with van der Waals surface area (Å²) in [6.45, 7) is 2.60. The van der Waals surface area contributed by atoms with E-state index >= 15 is 0 Å². The van der Waals surface area contributed by atoms with E-state index in [1.807, 2.05) is 30.1 Å². The molecular formula is C21H27N3O2. The van der Waals surface area contributed by atoms with Gasteiger partial charge in [0.15, 0.2) is 0 Å². The zero-order valence-corrected chi connectivity index (χ0v) is 15.9. The summed E-state index contributed by atoms with van der Waals surface area (Å²) in [7, 11) is 5.25. The Morgan fingerprint density at radius 3 is 2.08 bits per heavy atom. The molecule has 0 radical (unpaired) electrons. The molecule has 1 atom stereocenters. The molecular weight excluding hydrogens is 326 g/mol. The molecule has 0 saturated carbocycles. The van der Waals surface area contributed by atoms with E-state index in [4.69, 9.17) is 0 Å². The molecule has 0 fully saturated rings. The molecule has 1 N–H and O–H groups in total. The smallest absolute Gasteiger partial charge is 0.244 e. The minimum Gasteiger partial charge on any atom is -0.347 e. The molecule has 5 heteroatoms. The van der Waals surface area contributed by atoms with Gasteiger partial charge in [-0.15, -0.1) is 0 Å². The third kappa shape index (κ3) is 5.70. The van der Waals surface area contributed by atoms with Crippen molar-refractivity contribution in [3.8, 4) is 11.1 Å². The zero-order valence-electron chi connectivity index (χ0n) is 15.9. The van der Waals surface area contributed by atoms with Crippen molar-refractivity contribution in [2.75, 3.05) is 27.7 Å². The Kier molecular flexibility index (Phi) is 6.92. The van der Waals surface area contributed by atoms with Crippen LogP contribution < -0.4 is 5.32 Å². The highest BCUT2D eigenvalue weighted by atomic mass is 16.2. The third-order valence-electron chi connectivity index (χ3n) is 4.12. The number of carbonyl (C=O) groups excluding carboxylic acids is 2. The van der Waals surface area contributed by atoms with Gasteiger partial charge in [0.05, 0.1) is 6.54 Å². The number of hydrogen-bond acceptors (Lipinski definition) is 3. The quantitative estimate of drug-likeness (QED) is 0.831. The number of hydrogen-bond donors (Lipinski definition) is 1. The monoisotopic (exact) mass is 353 g/mol. The van der Waals surface area contributed by atoms with Gasteiger partial charge in [-0.05, 0) is 30.7 Å². The van der Waals surface area contributed by atoms with E-state index in [0.717, 1.165) is 5.56 Å². The summed E-state index contributed by atoms with van der Waals surface area (Å²) >= 11 is 0. The lowest BCUT2D eigenvalue weighted by Crippen LogP contribution is -2.47. The van der Waals surface area contributed by atoms with E-state index in [1.165, 1.54) is 16.0 Å². The van der Waals surface area contributed by atoms with Crippen molar-refractivity contribution < 1.29 is 9.59 Å². The zero-order chi connectivity index (χ0) is 19.1. The van der Waals surface area contributed by atoms with E-state index in [0.29, 0.717) is 6.54 Å². The summed E-state index contributed by atoms with van der Waals surface area (Å²) in [5.74, 6) is -0.270. The Labute approximate surface area is 155 Å². The summed E-state index contributed by atoms with van der Waals surface area (Å²) in [5.41, 5.74) is 3.49. The molecule has 0 spiro atoms. The van der Waals surface area contributed by atoms with Crippen LogP contribution in [0, 0.1) is 0 Å². The first-order valence-corrected chi connectivity index (χ1v) is 8.70. The van der Waals surface area contributed by atoms with Gasteiger partial charge in [0.2, 0.25) is 11.8 Å². The second-order valence-corrected chi connectivity index (χ2v) is 6.76. The predicted octanol–water partition coefficient (Wildman–Crippen LogP) is 2.38. The van der Waals surface area contributed by atoms with Gasteiger partial charge in [0, 0.05) is 20.6 Å². The van der Waals surface area contributed by atoms with Gasteiger partial charge in [-0.3, -0.25) is 14.5 Å². The average molecular weight is 353 g/mol. The molecule has 138 valence electrons. The van der Waals surface area contributed by atoms with E-state index in [-0.39, 0.29) is 18.4 Å². The van der Waals surface area contributed by atoms with Crippen molar-refractivity contribution in [3.05, 3.63) is 60.2 Å². The van der Waals surface area contributed by atoms with Crippen LogP contribution in [0.3, 0.4) is 0 Å². The molecule has 2 rings (SSSR count). The van der Waals surface area contributed by atoms with Crippen LogP contribution in [0.15, 0.2) is 54.6 Å². The van der Waals surface area contributed by atoms with Crippen LogP contribution in [0.5, 0.6) is 0 Å². The highest BCUT2D eigenvalue weighted by Gasteiger charge is 2.17. The van der Waals surface area contributed by atoms with Crippen molar-refractivity contribution in [1.29, 1.82) is 0 Å². The van der Waals surface area contributed by atoms with Gasteiger partial charge in [-0.1, -0.05) is 54.6 Å². The molecule has 5 nitrogen and oxygen atoms in total. The van der Waals surface area contributed by atoms with E-state index in [2.05, 4.69) is 41.7 Å². The van der Waals surface area contributed by atoms with E-state index < -0.39 is 6.04 Å². The number of rotatable bonds is 7. The summed E-state index contributed by atoms with van der Waals surface area (Å²) in [6.07, 6.45) is 0. The number of benzene rings is 2.